The van der Waals surface area contributed by atoms with E-state index in [0.29, 0.717) is 12.2 Å². The second-order valence-electron chi connectivity index (χ2n) is 6.11. The number of ketones is 1. The highest BCUT2D eigenvalue weighted by molar-refractivity contribution is 7.81. The molecule has 0 N–H and O–H groups in total. The summed E-state index contributed by atoms with van der Waals surface area (Å²) in [5, 5.41) is 0. The van der Waals surface area contributed by atoms with Crippen molar-refractivity contribution in [3.63, 3.8) is 0 Å². The predicted octanol–water partition coefficient (Wildman–Crippen LogP) is 2.83. The number of ether oxygens (including phenoxy) is 1. The van der Waals surface area contributed by atoms with Crippen LogP contribution < -0.4 is 0 Å². The molecule has 0 aromatic rings. The van der Waals surface area contributed by atoms with Crippen molar-refractivity contribution in [2.45, 2.75) is 51.4 Å². The van der Waals surface area contributed by atoms with Crippen molar-refractivity contribution in [2.75, 3.05) is 12.9 Å². The molecule has 0 radical (unpaired) electrons. The normalized spacial score (nSPS) is 24.0. The maximum atomic E-state index is 11.9. The third kappa shape index (κ3) is 6.43. The highest BCUT2D eigenvalue weighted by atomic mass is 32.2. The minimum Gasteiger partial charge on any atom is -0.377 e. The SMILES string of the molecule is CO[C@@H](/C=C\CS(=O)O[Si](C)(C)C)[C@H]1CCCCC1=O. The molecule has 0 heterocycles. The molecular weight excluding hydrogens is 292 g/mol. The second-order valence-corrected chi connectivity index (χ2v) is 11.9. The maximum Gasteiger partial charge on any atom is 0.205 e. The quantitative estimate of drug-likeness (QED) is 0.535. The first-order valence-corrected chi connectivity index (χ1v) is 11.8. The molecule has 1 unspecified atom stereocenters. The van der Waals surface area contributed by atoms with Crippen molar-refractivity contribution in [3.8, 4) is 0 Å². The van der Waals surface area contributed by atoms with Crippen LogP contribution in [0.2, 0.25) is 19.6 Å². The molecule has 1 aliphatic rings. The molecule has 0 aromatic carbocycles. The van der Waals surface area contributed by atoms with E-state index in [1.807, 2.05) is 31.8 Å². The lowest BCUT2D eigenvalue weighted by atomic mass is 9.84. The fourth-order valence-electron chi connectivity index (χ4n) is 2.32. The minimum absolute atomic E-state index is 0.0451. The number of hydrogen-bond donors (Lipinski definition) is 0. The van der Waals surface area contributed by atoms with E-state index in [0.717, 1.165) is 19.3 Å². The number of methoxy groups -OCH3 is 1. The van der Waals surface area contributed by atoms with Gasteiger partial charge in [0.1, 0.15) is 16.9 Å². The van der Waals surface area contributed by atoms with Gasteiger partial charge >= 0.3 is 0 Å². The monoisotopic (exact) mass is 318 g/mol. The molecule has 1 rings (SSSR count). The fourth-order valence-corrected chi connectivity index (χ4v) is 5.09. The summed E-state index contributed by atoms with van der Waals surface area (Å²) in [5.41, 5.74) is 0. The van der Waals surface area contributed by atoms with Gasteiger partial charge in [0.25, 0.3) is 0 Å². The Balaban J connectivity index is 2.49. The van der Waals surface area contributed by atoms with Crippen molar-refractivity contribution < 1.29 is 17.6 Å². The van der Waals surface area contributed by atoms with Gasteiger partial charge in [-0.1, -0.05) is 18.6 Å². The van der Waals surface area contributed by atoms with Gasteiger partial charge in [-0.3, -0.25) is 4.79 Å². The van der Waals surface area contributed by atoms with Gasteiger partial charge in [0.05, 0.1) is 11.9 Å². The van der Waals surface area contributed by atoms with Gasteiger partial charge < -0.3 is 8.61 Å². The molecule has 1 aliphatic carbocycles. The number of hydrogen-bond acceptors (Lipinski definition) is 4. The lowest BCUT2D eigenvalue weighted by molar-refractivity contribution is -0.128. The van der Waals surface area contributed by atoms with Crippen molar-refractivity contribution in [1.29, 1.82) is 0 Å². The molecule has 0 aromatic heterocycles. The lowest BCUT2D eigenvalue weighted by Crippen LogP contribution is -2.31. The van der Waals surface area contributed by atoms with Gasteiger partial charge in [0, 0.05) is 19.4 Å². The van der Waals surface area contributed by atoms with Gasteiger partial charge in [-0.25, -0.2) is 4.21 Å². The van der Waals surface area contributed by atoms with Crippen LogP contribution in [0.4, 0.5) is 0 Å². The zero-order valence-electron chi connectivity index (χ0n) is 12.9. The van der Waals surface area contributed by atoms with E-state index in [9.17, 15) is 9.00 Å². The molecular formula is C14H26O4SSi. The zero-order chi connectivity index (χ0) is 15.2. The summed E-state index contributed by atoms with van der Waals surface area (Å²) >= 11 is -1.29. The van der Waals surface area contributed by atoms with Crippen LogP contribution in [-0.2, 0) is 24.5 Å². The molecule has 0 amide bonds. The highest BCUT2D eigenvalue weighted by Gasteiger charge is 2.28. The summed E-state index contributed by atoms with van der Waals surface area (Å²) in [7, 11) is -0.151. The molecule has 20 heavy (non-hydrogen) atoms. The van der Waals surface area contributed by atoms with E-state index in [1.54, 1.807) is 7.11 Å². The van der Waals surface area contributed by atoms with E-state index in [4.69, 9.17) is 8.61 Å². The second kappa shape index (κ2) is 8.22. The van der Waals surface area contributed by atoms with E-state index >= 15 is 0 Å². The third-order valence-electron chi connectivity index (χ3n) is 3.17. The minimum atomic E-state index is -1.77. The molecule has 3 atom stereocenters. The first kappa shape index (κ1) is 17.7. The summed E-state index contributed by atoms with van der Waals surface area (Å²) in [5.74, 6) is 0.592. The molecule has 0 spiro atoms. The topological polar surface area (TPSA) is 52.6 Å². The van der Waals surface area contributed by atoms with Crippen LogP contribution in [0.1, 0.15) is 25.7 Å². The van der Waals surface area contributed by atoms with Gasteiger partial charge in [0.2, 0.25) is 8.32 Å². The smallest absolute Gasteiger partial charge is 0.205 e. The van der Waals surface area contributed by atoms with Gasteiger partial charge in [-0.2, -0.15) is 0 Å². The molecule has 1 fully saturated rings. The molecule has 0 bridgehead atoms. The molecule has 0 aliphatic heterocycles. The van der Waals surface area contributed by atoms with Crippen LogP contribution >= 0.6 is 0 Å². The van der Waals surface area contributed by atoms with Crippen LogP contribution in [0.3, 0.4) is 0 Å². The Morgan fingerprint density at radius 1 is 1.40 bits per heavy atom. The highest BCUT2D eigenvalue weighted by Crippen LogP contribution is 2.25. The summed E-state index contributed by atoms with van der Waals surface area (Å²) in [6.07, 6.45) is 7.08. The van der Waals surface area contributed by atoms with E-state index in [2.05, 4.69) is 0 Å². The largest absolute Gasteiger partial charge is 0.377 e. The fraction of sp³-hybridized carbons (Fsp3) is 0.786. The van der Waals surface area contributed by atoms with Crippen molar-refractivity contribution in [3.05, 3.63) is 12.2 Å². The standard InChI is InChI=1S/C14H26O4SSi/c1-17-14(12-8-5-6-9-13(12)15)10-7-11-19(16)18-20(2,3)4/h7,10,12,14H,5-6,8-9,11H2,1-4H3/b10-7-/t12-,14-,19?/m0/s1. The predicted molar refractivity (Wildman–Crippen MR) is 84.3 cm³/mol. The molecule has 4 nitrogen and oxygen atoms in total. The van der Waals surface area contributed by atoms with Crippen LogP contribution in [0, 0.1) is 5.92 Å². The Kier molecular flexibility index (Phi) is 7.29. The van der Waals surface area contributed by atoms with E-state index in [1.165, 1.54) is 0 Å². The Labute approximate surface area is 125 Å². The Hall–Kier alpha value is -0.303. The average molecular weight is 319 g/mol. The van der Waals surface area contributed by atoms with Crippen LogP contribution in [0.25, 0.3) is 0 Å². The summed E-state index contributed by atoms with van der Waals surface area (Å²) in [6.45, 7) is 6.02. The number of carbonyl (C=O) groups excluding carboxylic acids is 1. The Bertz CT molecular complexity index is 376. The van der Waals surface area contributed by atoms with Crippen molar-refractivity contribution in [1.82, 2.24) is 0 Å². The van der Waals surface area contributed by atoms with Crippen LogP contribution in [0.15, 0.2) is 12.2 Å². The number of carbonyl (C=O) groups is 1. The van der Waals surface area contributed by atoms with E-state index in [-0.39, 0.29) is 17.8 Å². The maximum absolute atomic E-state index is 11.9. The van der Waals surface area contributed by atoms with E-state index < -0.39 is 19.4 Å². The summed E-state index contributed by atoms with van der Waals surface area (Å²) < 4.78 is 22.6. The molecule has 0 saturated heterocycles. The van der Waals surface area contributed by atoms with Gasteiger partial charge in [-0.05, 0) is 32.5 Å². The zero-order valence-corrected chi connectivity index (χ0v) is 14.7. The first-order chi connectivity index (χ1) is 9.33. The van der Waals surface area contributed by atoms with Crippen molar-refractivity contribution in [2.24, 2.45) is 5.92 Å². The number of Topliss-reactive ketones (excluding diaryl/α,β-unsaturated/α-hetero) is 1. The van der Waals surface area contributed by atoms with Gasteiger partial charge in [0.15, 0.2) is 0 Å². The first-order valence-electron chi connectivity index (χ1n) is 7.13. The molecule has 116 valence electrons. The third-order valence-corrected chi connectivity index (χ3v) is 6.38. The summed E-state index contributed by atoms with van der Waals surface area (Å²) in [4.78, 5) is 11.9. The molecule has 6 heteroatoms. The Morgan fingerprint density at radius 2 is 2.10 bits per heavy atom. The van der Waals surface area contributed by atoms with Crippen LogP contribution in [-0.4, -0.2) is 37.3 Å². The average Bonchev–Trinajstić information content (AvgIpc) is 2.34. The van der Waals surface area contributed by atoms with Gasteiger partial charge in [-0.15, -0.1) is 0 Å². The lowest BCUT2D eigenvalue weighted by Gasteiger charge is -2.25. The molecule has 1 saturated carbocycles. The summed E-state index contributed by atoms with van der Waals surface area (Å²) in [6, 6.07) is 0. The Morgan fingerprint density at radius 3 is 2.65 bits per heavy atom. The van der Waals surface area contributed by atoms with Crippen LogP contribution in [0.5, 0.6) is 0 Å². The number of rotatable bonds is 7. The van der Waals surface area contributed by atoms with Crippen molar-refractivity contribution >= 4 is 25.2 Å².